The highest BCUT2D eigenvalue weighted by molar-refractivity contribution is 7.89. The van der Waals surface area contributed by atoms with Crippen molar-refractivity contribution in [1.29, 1.82) is 0 Å². The predicted molar refractivity (Wildman–Crippen MR) is 103 cm³/mol. The molecule has 6 nitrogen and oxygen atoms in total. The fraction of sp³-hybridized carbons (Fsp3) is 0.167. The lowest BCUT2D eigenvalue weighted by Crippen LogP contribution is -2.16. The number of primary sulfonamides is 1. The molecule has 3 aromatic rings. The Morgan fingerprint density at radius 1 is 1.30 bits per heavy atom. The SMILES string of the molecule is COCc1c(C(=O)Nc2ccc(C)c(S(N)(=O)=O)c2)sc2cccc(F)c12. The molecule has 0 aliphatic rings. The molecule has 0 spiro atoms. The molecule has 27 heavy (non-hydrogen) atoms. The van der Waals surface area contributed by atoms with E-state index in [4.69, 9.17) is 9.88 Å². The van der Waals surface area contributed by atoms with Crippen LogP contribution in [0.15, 0.2) is 41.3 Å². The van der Waals surface area contributed by atoms with Crippen molar-refractivity contribution in [3.05, 3.63) is 58.2 Å². The number of carbonyl (C=O) groups excluding carboxylic acids is 1. The number of benzene rings is 2. The highest BCUT2D eigenvalue weighted by Gasteiger charge is 2.21. The smallest absolute Gasteiger partial charge is 0.266 e. The van der Waals surface area contributed by atoms with Gasteiger partial charge in [0.25, 0.3) is 5.91 Å². The number of aryl methyl sites for hydroxylation is 1. The van der Waals surface area contributed by atoms with Gasteiger partial charge in [-0.15, -0.1) is 11.3 Å². The van der Waals surface area contributed by atoms with Crippen LogP contribution in [0.25, 0.3) is 10.1 Å². The Balaban J connectivity index is 2.02. The minimum Gasteiger partial charge on any atom is -0.380 e. The summed E-state index contributed by atoms with van der Waals surface area (Å²) >= 11 is 1.14. The molecule has 0 radical (unpaired) electrons. The Morgan fingerprint density at radius 2 is 2.04 bits per heavy atom. The quantitative estimate of drug-likeness (QED) is 0.676. The van der Waals surface area contributed by atoms with Gasteiger partial charge in [-0.2, -0.15) is 0 Å². The van der Waals surface area contributed by atoms with Crippen LogP contribution in [0.1, 0.15) is 20.8 Å². The van der Waals surface area contributed by atoms with Crippen molar-refractivity contribution in [3.8, 4) is 0 Å². The maximum atomic E-state index is 14.2. The average molecular weight is 408 g/mol. The van der Waals surface area contributed by atoms with Gasteiger partial charge in [0.05, 0.1) is 16.4 Å². The maximum Gasteiger partial charge on any atom is 0.266 e. The molecule has 1 aromatic heterocycles. The van der Waals surface area contributed by atoms with Gasteiger partial charge in [-0.3, -0.25) is 4.79 Å². The molecular formula is C18H17FN2O4S2. The van der Waals surface area contributed by atoms with E-state index in [-0.39, 0.29) is 17.2 Å². The molecule has 142 valence electrons. The molecular weight excluding hydrogens is 391 g/mol. The van der Waals surface area contributed by atoms with Crippen molar-refractivity contribution in [2.24, 2.45) is 5.14 Å². The van der Waals surface area contributed by atoms with Gasteiger partial charge in [-0.1, -0.05) is 12.1 Å². The normalized spacial score (nSPS) is 11.7. The first kappa shape index (κ1) is 19.4. The zero-order valence-electron chi connectivity index (χ0n) is 14.6. The monoisotopic (exact) mass is 408 g/mol. The van der Waals surface area contributed by atoms with Crippen LogP contribution < -0.4 is 10.5 Å². The fourth-order valence-electron chi connectivity index (χ4n) is 2.81. The van der Waals surface area contributed by atoms with Crippen LogP contribution in [0, 0.1) is 12.7 Å². The standard InChI is InChI=1S/C18H17FN2O4S2/c1-10-6-7-11(8-15(10)27(20,23)24)21-18(22)17-12(9-25-2)16-13(19)4-3-5-14(16)26-17/h3-8H,9H2,1-2H3,(H,21,22)(H2,20,23,24). The van der Waals surface area contributed by atoms with Gasteiger partial charge in [0.1, 0.15) is 5.82 Å². The lowest BCUT2D eigenvalue weighted by Gasteiger charge is -2.09. The molecule has 0 saturated carbocycles. The Labute approximate surface area is 159 Å². The summed E-state index contributed by atoms with van der Waals surface area (Å²) in [7, 11) is -2.45. The van der Waals surface area contributed by atoms with Gasteiger partial charge >= 0.3 is 0 Å². The third-order valence-corrected chi connectivity index (χ3v) is 6.26. The number of ether oxygens (including phenoxy) is 1. The maximum absolute atomic E-state index is 14.2. The summed E-state index contributed by atoms with van der Waals surface area (Å²) in [6.07, 6.45) is 0. The predicted octanol–water partition coefficient (Wildman–Crippen LogP) is 3.39. The molecule has 2 aromatic carbocycles. The number of sulfonamides is 1. The molecule has 9 heteroatoms. The molecule has 0 atom stereocenters. The molecule has 0 saturated heterocycles. The van der Waals surface area contributed by atoms with Crippen LogP contribution >= 0.6 is 11.3 Å². The molecule has 0 bridgehead atoms. The first-order valence-corrected chi connectivity index (χ1v) is 10.2. The van der Waals surface area contributed by atoms with Crippen LogP contribution in [0.5, 0.6) is 0 Å². The van der Waals surface area contributed by atoms with Crippen LogP contribution in [0.3, 0.4) is 0 Å². The van der Waals surface area contributed by atoms with E-state index in [1.54, 1.807) is 31.2 Å². The Bertz CT molecular complexity index is 1140. The van der Waals surface area contributed by atoms with E-state index >= 15 is 0 Å². The fourth-order valence-corrected chi connectivity index (χ4v) is 4.73. The van der Waals surface area contributed by atoms with Crippen LogP contribution in [-0.2, 0) is 21.4 Å². The molecule has 0 fully saturated rings. The second kappa shape index (κ2) is 7.35. The van der Waals surface area contributed by atoms with Crippen molar-refractivity contribution in [2.45, 2.75) is 18.4 Å². The summed E-state index contributed by atoms with van der Waals surface area (Å²) in [5, 5.41) is 8.20. The van der Waals surface area contributed by atoms with E-state index in [1.807, 2.05) is 0 Å². The zero-order chi connectivity index (χ0) is 19.8. The summed E-state index contributed by atoms with van der Waals surface area (Å²) in [6.45, 7) is 1.68. The number of nitrogens with two attached hydrogens (primary N) is 1. The summed E-state index contributed by atoms with van der Waals surface area (Å²) in [6, 6.07) is 9.05. The van der Waals surface area contributed by atoms with E-state index in [0.29, 0.717) is 26.1 Å². The molecule has 1 amide bonds. The summed E-state index contributed by atoms with van der Waals surface area (Å²) in [5.74, 6) is -0.909. The van der Waals surface area contributed by atoms with Crippen LogP contribution in [0.4, 0.5) is 10.1 Å². The number of rotatable bonds is 5. The highest BCUT2D eigenvalue weighted by atomic mass is 32.2. The number of nitrogens with one attached hydrogen (secondary N) is 1. The van der Waals surface area contributed by atoms with E-state index in [0.717, 1.165) is 11.3 Å². The summed E-state index contributed by atoms with van der Waals surface area (Å²) in [4.78, 5) is 13.0. The number of halogens is 1. The van der Waals surface area contributed by atoms with Gasteiger partial charge < -0.3 is 10.1 Å². The van der Waals surface area contributed by atoms with E-state index in [9.17, 15) is 17.6 Å². The van der Waals surface area contributed by atoms with Crippen molar-refractivity contribution in [3.63, 3.8) is 0 Å². The lowest BCUT2D eigenvalue weighted by atomic mass is 10.1. The Hall–Kier alpha value is -2.33. The molecule has 0 aliphatic heterocycles. The number of thiophene rings is 1. The number of anilines is 1. The summed E-state index contributed by atoms with van der Waals surface area (Å²) in [5.41, 5.74) is 1.20. The highest BCUT2D eigenvalue weighted by Crippen LogP contribution is 2.34. The minimum atomic E-state index is -3.92. The van der Waals surface area contributed by atoms with E-state index in [2.05, 4.69) is 5.32 Å². The van der Waals surface area contributed by atoms with Gasteiger partial charge in [-0.25, -0.2) is 17.9 Å². The first-order valence-electron chi connectivity index (χ1n) is 7.86. The minimum absolute atomic E-state index is 0.0695. The topological polar surface area (TPSA) is 98.5 Å². The van der Waals surface area contributed by atoms with Gasteiger partial charge in [-0.05, 0) is 36.8 Å². The number of hydrogen-bond acceptors (Lipinski definition) is 5. The average Bonchev–Trinajstić information content (AvgIpc) is 2.96. The Morgan fingerprint density at radius 3 is 2.70 bits per heavy atom. The number of methoxy groups -OCH3 is 1. The number of amides is 1. The molecule has 0 aliphatic carbocycles. The zero-order valence-corrected chi connectivity index (χ0v) is 16.2. The van der Waals surface area contributed by atoms with Crippen molar-refractivity contribution in [2.75, 3.05) is 12.4 Å². The van der Waals surface area contributed by atoms with Gasteiger partial charge in [0, 0.05) is 28.4 Å². The van der Waals surface area contributed by atoms with Crippen molar-refractivity contribution >= 4 is 43.0 Å². The summed E-state index contributed by atoms with van der Waals surface area (Å²) < 4.78 is 43.3. The first-order chi connectivity index (χ1) is 12.7. The largest absolute Gasteiger partial charge is 0.380 e. The van der Waals surface area contributed by atoms with E-state index in [1.165, 1.54) is 19.2 Å². The Kier molecular flexibility index (Phi) is 5.29. The van der Waals surface area contributed by atoms with Crippen molar-refractivity contribution < 1.29 is 22.3 Å². The molecule has 3 rings (SSSR count). The molecule has 0 unspecified atom stereocenters. The van der Waals surface area contributed by atoms with E-state index < -0.39 is 21.7 Å². The molecule has 1 heterocycles. The molecule has 3 N–H and O–H groups in total. The number of fused-ring (bicyclic) bond motifs is 1. The van der Waals surface area contributed by atoms with Gasteiger partial charge in [0.15, 0.2) is 0 Å². The number of hydrogen-bond donors (Lipinski definition) is 2. The second-order valence-electron chi connectivity index (χ2n) is 5.94. The second-order valence-corrected chi connectivity index (χ2v) is 8.52. The van der Waals surface area contributed by atoms with Crippen LogP contribution in [0.2, 0.25) is 0 Å². The number of carbonyl (C=O) groups is 1. The lowest BCUT2D eigenvalue weighted by molar-refractivity contribution is 0.102. The third kappa shape index (κ3) is 3.86. The third-order valence-electron chi connectivity index (χ3n) is 4.01. The van der Waals surface area contributed by atoms with Gasteiger partial charge in [0.2, 0.25) is 10.0 Å². The van der Waals surface area contributed by atoms with Crippen LogP contribution in [-0.4, -0.2) is 21.4 Å². The van der Waals surface area contributed by atoms with Crippen molar-refractivity contribution in [1.82, 2.24) is 0 Å².